The lowest BCUT2D eigenvalue weighted by Crippen LogP contribution is -2.12. The lowest BCUT2D eigenvalue weighted by atomic mass is 10.0. The molecule has 0 saturated heterocycles. The van der Waals surface area contributed by atoms with Crippen LogP contribution in [0, 0.1) is 0 Å². The summed E-state index contributed by atoms with van der Waals surface area (Å²) in [6.07, 6.45) is 9.10. The molecule has 2 rings (SSSR count). The smallest absolute Gasteiger partial charge is 0.224 e. The van der Waals surface area contributed by atoms with Gasteiger partial charge in [-0.1, -0.05) is 95.5 Å². The quantitative estimate of drug-likeness (QED) is 0.343. The second kappa shape index (κ2) is 11.6. The molecule has 4 heteroatoms. The van der Waals surface area contributed by atoms with E-state index in [1.54, 1.807) is 0 Å². The molecule has 2 aromatic carbocycles. The zero-order valence-electron chi connectivity index (χ0n) is 15.4. The van der Waals surface area contributed by atoms with Gasteiger partial charge in [0.25, 0.3) is 0 Å². The standard InChI is InChI=1S/C22H27Br2NO/c1-2-3-4-5-6-7-8-9-22(26)25-21-16-19(24)14-15-20(21)17-10-12-18(23)13-11-17/h10-16H,2-9H2,1H3,(H,25,26). The minimum absolute atomic E-state index is 0.0926. The van der Waals surface area contributed by atoms with Crippen LogP contribution in [0.1, 0.15) is 58.3 Å². The van der Waals surface area contributed by atoms with Crippen LogP contribution in [0.25, 0.3) is 11.1 Å². The summed E-state index contributed by atoms with van der Waals surface area (Å²) in [7, 11) is 0. The number of carbonyl (C=O) groups excluding carboxylic acids is 1. The lowest BCUT2D eigenvalue weighted by molar-refractivity contribution is -0.116. The number of anilines is 1. The topological polar surface area (TPSA) is 29.1 Å². The van der Waals surface area contributed by atoms with E-state index in [0.29, 0.717) is 6.42 Å². The van der Waals surface area contributed by atoms with Gasteiger partial charge < -0.3 is 5.32 Å². The predicted octanol–water partition coefficient (Wildman–Crippen LogP) is 7.96. The second-order valence-corrected chi connectivity index (χ2v) is 8.45. The first kappa shape index (κ1) is 21.2. The number of benzene rings is 2. The number of halogens is 2. The van der Waals surface area contributed by atoms with Gasteiger partial charge in [-0.15, -0.1) is 0 Å². The van der Waals surface area contributed by atoms with E-state index in [-0.39, 0.29) is 5.91 Å². The molecule has 0 unspecified atom stereocenters. The van der Waals surface area contributed by atoms with E-state index < -0.39 is 0 Å². The lowest BCUT2D eigenvalue weighted by Gasteiger charge is -2.12. The van der Waals surface area contributed by atoms with Crippen molar-refractivity contribution in [3.8, 4) is 11.1 Å². The summed E-state index contributed by atoms with van der Waals surface area (Å²) < 4.78 is 2.01. The minimum Gasteiger partial charge on any atom is -0.325 e. The van der Waals surface area contributed by atoms with E-state index in [9.17, 15) is 4.79 Å². The fourth-order valence-electron chi connectivity index (χ4n) is 2.96. The van der Waals surface area contributed by atoms with Gasteiger partial charge in [-0.3, -0.25) is 4.79 Å². The van der Waals surface area contributed by atoms with E-state index >= 15 is 0 Å². The van der Waals surface area contributed by atoms with Crippen molar-refractivity contribution in [2.24, 2.45) is 0 Å². The van der Waals surface area contributed by atoms with Crippen LogP contribution in [0.4, 0.5) is 5.69 Å². The summed E-state index contributed by atoms with van der Waals surface area (Å²) in [5, 5.41) is 3.10. The molecule has 0 aliphatic heterocycles. The molecule has 26 heavy (non-hydrogen) atoms. The maximum Gasteiger partial charge on any atom is 0.224 e. The van der Waals surface area contributed by atoms with Crippen molar-refractivity contribution in [2.75, 3.05) is 5.32 Å². The highest BCUT2D eigenvalue weighted by atomic mass is 79.9. The summed E-state index contributed by atoms with van der Waals surface area (Å²) in [6, 6.07) is 14.2. The molecular weight excluding hydrogens is 454 g/mol. The Balaban J connectivity index is 1.90. The van der Waals surface area contributed by atoms with E-state index in [1.165, 1.54) is 32.1 Å². The van der Waals surface area contributed by atoms with Crippen molar-refractivity contribution in [1.29, 1.82) is 0 Å². The van der Waals surface area contributed by atoms with Gasteiger partial charge in [0.15, 0.2) is 0 Å². The van der Waals surface area contributed by atoms with Crippen LogP contribution >= 0.6 is 31.9 Å². The maximum atomic E-state index is 12.4. The van der Waals surface area contributed by atoms with Crippen molar-refractivity contribution in [1.82, 2.24) is 0 Å². The molecule has 0 bridgehead atoms. The molecule has 0 aliphatic carbocycles. The van der Waals surface area contributed by atoms with Gasteiger partial charge >= 0.3 is 0 Å². The molecule has 0 atom stereocenters. The summed E-state index contributed by atoms with van der Waals surface area (Å²) >= 11 is 6.97. The van der Waals surface area contributed by atoms with Gasteiger partial charge in [0.2, 0.25) is 5.91 Å². The number of hydrogen-bond acceptors (Lipinski definition) is 1. The molecule has 0 saturated carbocycles. The molecular formula is C22H27Br2NO. The summed E-state index contributed by atoms with van der Waals surface area (Å²) in [6.45, 7) is 2.23. The largest absolute Gasteiger partial charge is 0.325 e. The first-order valence-corrected chi connectivity index (χ1v) is 11.0. The molecule has 2 aromatic rings. The van der Waals surface area contributed by atoms with Crippen LogP contribution in [0.3, 0.4) is 0 Å². The third kappa shape index (κ3) is 7.24. The van der Waals surface area contributed by atoms with Gasteiger partial charge in [-0.2, -0.15) is 0 Å². The third-order valence-electron chi connectivity index (χ3n) is 4.42. The fourth-order valence-corrected chi connectivity index (χ4v) is 3.58. The Bertz CT molecular complexity index is 698. The van der Waals surface area contributed by atoms with Gasteiger partial charge in [0.1, 0.15) is 0 Å². The second-order valence-electron chi connectivity index (χ2n) is 6.62. The van der Waals surface area contributed by atoms with Gasteiger partial charge in [0, 0.05) is 26.6 Å². The predicted molar refractivity (Wildman–Crippen MR) is 119 cm³/mol. The number of carbonyl (C=O) groups is 1. The first-order valence-electron chi connectivity index (χ1n) is 9.45. The van der Waals surface area contributed by atoms with Gasteiger partial charge in [-0.25, -0.2) is 0 Å². The van der Waals surface area contributed by atoms with Crippen LogP contribution in [-0.4, -0.2) is 5.91 Å². The average Bonchev–Trinajstić information content (AvgIpc) is 2.62. The summed E-state index contributed by atoms with van der Waals surface area (Å²) in [5.41, 5.74) is 2.98. The number of unbranched alkanes of at least 4 members (excludes halogenated alkanes) is 6. The van der Waals surface area contributed by atoms with Crippen molar-refractivity contribution in [3.63, 3.8) is 0 Å². The molecule has 0 heterocycles. The molecule has 0 aliphatic rings. The van der Waals surface area contributed by atoms with Gasteiger partial charge in [0.05, 0.1) is 0 Å². The van der Waals surface area contributed by atoms with Crippen LogP contribution in [0.5, 0.6) is 0 Å². The minimum atomic E-state index is 0.0926. The van der Waals surface area contributed by atoms with Crippen molar-refractivity contribution in [3.05, 3.63) is 51.4 Å². The molecule has 0 fully saturated rings. The number of hydrogen-bond donors (Lipinski definition) is 1. The molecule has 1 N–H and O–H groups in total. The normalized spacial score (nSPS) is 10.7. The molecule has 0 radical (unpaired) electrons. The number of rotatable bonds is 10. The summed E-state index contributed by atoms with van der Waals surface area (Å²) in [4.78, 5) is 12.4. The highest BCUT2D eigenvalue weighted by molar-refractivity contribution is 9.10. The first-order chi connectivity index (χ1) is 12.6. The SMILES string of the molecule is CCCCCCCCCC(=O)Nc1cc(Br)ccc1-c1ccc(Br)cc1. The van der Waals surface area contributed by atoms with Gasteiger partial charge in [-0.05, 0) is 36.2 Å². The highest BCUT2D eigenvalue weighted by Gasteiger charge is 2.09. The zero-order chi connectivity index (χ0) is 18.8. The molecule has 140 valence electrons. The van der Waals surface area contributed by atoms with Crippen LogP contribution < -0.4 is 5.32 Å². The number of nitrogens with one attached hydrogen (secondary N) is 1. The Hall–Kier alpha value is -1.13. The van der Waals surface area contributed by atoms with Crippen LogP contribution in [0.15, 0.2) is 51.4 Å². The molecule has 2 nitrogen and oxygen atoms in total. The monoisotopic (exact) mass is 479 g/mol. The zero-order valence-corrected chi connectivity index (χ0v) is 18.5. The highest BCUT2D eigenvalue weighted by Crippen LogP contribution is 2.31. The van der Waals surface area contributed by atoms with E-state index in [1.807, 2.05) is 30.3 Å². The molecule has 0 spiro atoms. The van der Waals surface area contributed by atoms with E-state index in [2.05, 4.69) is 56.2 Å². The average molecular weight is 481 g/mol. The third-order valence-corrected chi connectivity index (χ3v) is 5.44. The van der Waals surface area contributed by atoms with Crippen LogP contribution in [-0.2, 0) is 4.79 Å². The van der Waals surface area contributed by atoms with Crippen molar-refractivity contribution >= 4 is 43.5 Å². The molecule has 1 amide bonds. The van der Waals surface area contributed by atoms with Crippen molar-refractivity contribution < 1.29 is 4.79 Å². The van der Waals surface area contributed by atoms with Crippen LogP contribution in [0.2, 0.25) is 0 Å². The Morgan fingerprint density at radius 1 is 0.846 bits per heavy atom. The Kier molecular flexibility index (Phi) is 9.41. The Morgan fingerprint density at radius 3 is 2.15 bits per heavy atom. The maximum absolute atomic E-state index is 12.4. The molecule has 0 aromatic heterocycles. The Morgan fingerprint density at radius 2 is 1.46 bits per heavy atom. The number of amides is 1. The van der Waals surface area contributed by atoms with E-state index in [4.69, 9.17) is 0 Å². The van der Waals surface area contributed by atoms with Crippen molar-refractivity contribution in [2.45, 2.75) is 58.3 Å². The Labute approximate surface area is 174 Å². The summed E-state index contributed by atoms with van der Waals surface area (Å²) in [5.74, 6) is 0.0926. The fraction of sp³-hybridized carbons (Fsp3) is 0.409. The van der Waals surface area contributed by atoms with E-state index in [0.717, 1.165) is 38.6 Å².